The molecule has 1 atom stereocenters. The van der Waals surface area contributed by atoms with Gasteiger partial charge in [-0.2, -0.15) is 0 Å². The van der Waals surface area contributed by atoms with Crippen LogP contribution < -0.4 is 0 Å². The van der Waals surface area contributed by atoms with Gasteiger partial charge in [0.2, 0.25) is 0 Å². The van der Waals surface area contributed by atoms with E-state index in [1.807, 2.05) is 0 Å². The molecule has 0 aromatic carbocycles. The van der Waals surface area contributed by atoms with E-state index in [2.05, 4.69) is 4.89 Å². The third-order valence-corrected chi connectivity index (χ3v) is 0.834. The van der Waals surface area contributed by atoms with Crippen LogP contribution in [0.1, 0.15) is 6.92 Å². The molecule has 0 saturated carbocycles. The van der Waals surface area contributed by atoms with Gasteiger partial charge in [-0.1, -0.05) is 0 Å². The fourth-order valence-corrected chi connectivity index (χ4v) is 0.339. The first-order valence-corrected chi connectivity index (χ1v) is 2.80. The van der Waals surface area contributed by atoms with Crippen molar-refractivity contribution >= 4 is 0 Å². The Hall–Kier alpha value is -0.160. The van der Waals surface area contributed by atoms with E-state index in [9.17, 15) is 0 Å². The van der Waals surface area contributed by atoms with E-state index in [4.69, 9.17) is 15.1 Å². The molecule has 9 heavy (non-hydrogen) atoms. The lowest BCUT2D eigenvalue weighted by Crippen LogP contribution is -2.15. The molecule has 0 heterocycles. The van der Waals surface area contributed by atoms with E-state index in [-0.39, 0.29) is 19.3 Å². The maximum atomic E-state index is 8.41. The van der Waals surface area contributed by atoms with Crippen molar-refractivity contribution in [3.63, 3.8) is 0 Å². The van der Waals surface area contributed by atoms with Crippen molar-refractivity contribution in [3.8, 4) is 0 Å². The fraction of sp³-hybridized carbons (Fsp3) is 1.00. The SMILES string of the molecule is CC(CO)OCCOO. The Morgan fingerprint density at radius 3 is 2.56 bits per heavy atom. The van der Waals surface area contributed by atoms with Gasteiger partial charge in [0.15, 0.2) is 0 Å². The van der Waals surface area contributed by atoms with Gasteiger partial charge in [0.1, 0.15) is 6.61 Å². The van der Waals surface area contributed by atoms with Gasteiger partial charge in [0, 0.05) is 0 Å². The van der Waals surface area contributed by atoms with Gasteiger partial charge >= 0.3 is 0 Å². The van der Waals surface area contributed by atoms with Crippen LogP contribution in [-0.2, 0) is 9.62 Å². The molecule has 0 saturated heterocycles. The predicted molar refractivity (Wildman–Crippen MR) is 31.1 cm³/mol. The summed E-state index contributed by atoms with van der Waals surface area (Å²) >= 11 is 0. The second kappa shape index (κ2) is 5.97. The molecule has 1 unspecified atom stereocenters. The van der Waals surface area contributed by atoms with Crippen molar-refractivity contribution in [2.45, 2.75) is 13.0 Å². The molecule has 0 aromatic rings. The zero-order chi connectivity index (χ0) is 7.11. The van der Waals surface area contributed by atoms with Crippen LogP contribution in [-0.4, -0.2) is 36.3 Å². The van der Waals surface area contributed by atoms with E-state index in [0.29, 0.717) is 6.61 Å². The highest BCUT2D eigenvalue weighted by Gasteiger charge is 1.96. The lowest BCUT2D eigenvalue weighted by molar-refractivity contribution is -0.251. The number of ether oxygens (including phenoxy) is 1. The highest BCUT2D eigenvalue weighted by Crippen LogP contribution is 1.86. The first kappa shape index (κ1) is 8.84. The summed E-state index contributed by atoms with van der Waals surface area (Å²) in [5, 5.41) is 16.2. The Morgan fingerprint density at radius 2 is 2.11 bits per heavy atom. The molecular weight excluding hydrogens is 124 g/mol. The molecule has 0 aliphatic carbocycles. The topological polar surface area (TPSA) is 58.9 Å². The summed E-state index contributed by atoms with van der Waals surface area (Å²) in [4.78, 5) is 3.73. The summed E-state index contributed by atoms with van der Waals surface area (Å²) < 4.78 is 4.90. The number of hydrogen-bond donors (Lipinski definition) is 2. The molecule has 0 aliphatic rings. The van der Waals surface area contributed by atoms with Gasteiger partial charge in [-0.25, -0.2) is 4.89 Å². The zero-order valence-corrected chi connectivity index (χ0v) is 5.41. The number of aliphatic hydroxyl groups excluding tert-OH is 1. The van der Waals surface area contributed by atoms with E-state index in [0.717, 1.165) is 0 Å². The lowest BCUT2D eigenvalue weighted by atomic mass is 10.4. The Balaban J connectivity index is 2.88. The molecule has 4 nitrogen and oxygen atoms in total. The van der Waals surface area contributed by atoms with Crippen molar-refractivity contribution in [2.24, 2.45) is 0 Å². The number of rotatable bonds is 5. The largest absolute Gasteiger partial charge is 0.394 e. The Bertz CT molecular complexity index is 56.9. The normalized spacial score (nSPS) is 13.7. The van der Waals surface area contributed by atoms with Crippen LogP contribution in [0.15, 0.2) is 0 Å². The summed E-state index contributed by atoms with van der Waals surface area (Å²) in [6, 6.07) is 0. The zero-order valence-electron chi connectivity index (χ0n) is 5.41. The van der Waals surface area contributed by atoms with E-state index < -0.39 is 0 Å². The van der Waals surface area contributed by atoms with Crippen molar-refractivity contribution < 1.29 is 20.0 Å². The molecule has 0 aliphatic heterocycles. The van der Waals surface area contributed by atoms with Gasteiger partial charge in [0.05, 0.1) is 19.3 Å². The van der Waals surface area contributed by atoms with Crippen LogP contribution >= 0.6 is 0 Å². The van der Waals surface area contributed by atoms with Gasteiger partial charge in [-0.3, -0.25) is 5.26 Å². The maximum Gasteiger partial charge on any atom is 0.105 e. The van der Waals surface area contributed by atoms with Crippen molar-refractivity contribution in [3.05, 3.63) is 0 Å². The minimum atomic E-state index is -0.180. The monoisotopic (exact) mass is 136 g/mol. The smallest absolute Gasteiger partial charge is 0.105 e. The molecule has 56 valence electrons. The Kier molecular flexibility index (Phi) is 5.86. The molecular formula is C5H12O4. The highest BCUT2D eigenvalue weighted by atomic mass is 17.1. The highest BCUT2D eigenvalue weighted by molar-refractivity contribution is 4.42. The van der Waals surface area contributed by atoms with Crippen molar-refractivity contribution in [1.82, 2.24) is 0 Å². The van der Waals surface area contributed by atoms with Gasteiger partial charge in [-0.15, -0.1) is 0 Å². The summed E-state index contributed by atoms with van der Waals surface area (Å²) in [7, 11) is 0. The molecule has 0 fully saturated rings. The van der Waals surface area contributed by atoms with E-state index in [1.165, 1.54) is 0 Å². The molecule has 0 radical (unpaired) electrons. The summed E-state index contributed by atoms with van der Waals surface area (Å²) in [6.45, 7) is 2.17. The molecule has 0 bridgehead atoms. The van der Waals surface area contributed by atoms with Crippen LogP contribution in [0.4, 0.5) is 0 Å². The number of hydrogen-bond acceptors (Lipinski definition) is 4. The van der Waals surface area contributed by atoms with Gasteiger partial charge in [0.25, 0.3) is 0 Å². The predicted octanol–water partition coefficient (Wildman–Crippen LogP) is -0.127. The van der Waals surface area contributed by atoms with Gasteiger partial charge < -0.3 is 9.84 Å². The molecule has 2 N–H and O–H groups in total. The van der Waals surface area contributed by atoms with Crippen LogP contribution in [0.3, 0.4) is 0 Å². The van der Waals surface area contributed by atoms with E-state index in [1.54, 1.807) is 6.92 Å². The molecule has 0 rings (SSSR count). The number of aliphatic hydroxyl groups is 1. The Labute approximate surface area is 53.9 Å². The van der Waals surface area contributed by atoms with Crippen LogP contribution in [0.5, 0.6) is 0 Å². The maximum absolute atomic E-state index is 8.41. The second-order valence-electron chi connectivity index (χ2n) is 1.70. The average molecular weight is 136 g/mol. The average Bonchev–Trinajstić information content (AvgIpc) is 1.89. The van der Waals surface area contributed by atoms with Crippen molar-refractivity contribution in [1.29, 1.82) is 0 Å². The molecule has 0 spiro atoms. The molecule has 0 amide bonds. The lowest BCUT2D eigenvalue weighted by Gasteiger charge is -2.07. The third kappa shape index (κ3) is 5.72. The van der Waals surface area contributed by atoms with Crippen LogP contribution in [0.25, 0.3) is 0 Å². The standard InChI is InChI=1S/C5H12O4/c1-5(4-6)8-2-3-9-7/h5-7H,2-4H2,1H3. The van der Waals surface area contributed by atoms with Crippen LogP contribution in [0.2, 0.25) is 0 Å². The first-order chi connectivity index (χ1) is 4.31. The van der Waals surface area contributed by atoms with Gasteiger partial charge in [-0.05, 0) is 6.92 Å². The minimum Gasteiger partial charge on any atom is -0.394 e. The summed E-state index contributed by atoms with van der Waals surface area (Å²) in [5.41, 5.74) is 0. The third-order valence-electron chi connectivity index (χ3n) is 0.834. The summed E-state index contributed by atoms with van der Waals surface area (Å²) in [6.07, 6.45) is -0.180. The first-order valence-electron chi connectivity index (χ1n) is 2.80. The van der Waals surface area contributed by atoms with E-state index >= 15 is 0 Å². The Morgan fingerprint density at radius 1 is 1.44 bits per heavy atom. The van der Waals surface area contributed by atoms with Crippen molar-refractivity contribution in [2.75, 3.05) is 19.8 Å². The molecule has 0 aromatic heterocycles. The summed E-state index contributed by atoms with van der Waals surface area (Å²) in [5.74, 6) is 0. The quantitative estimate of drug-likeness (QED) is 0.314. The second-order valence-corrected chi connectivity index (χ2v) is 1.70. The minimum absolute atomic E-state index is 0.00850. The molecule has 4 heteroatoms. The fourth-order valence-electron chi connectivity index (χ4n) is 0.339. The van der Waals surface area contributed by atoms with Crippen LogP contribution in [0, 0.1) is 0 Å².